The summed E-state index contributed by atoms with van der Waals surface area (Å²) in [5, 5.41) is 12.2. The topological polar surface area (TPSA) is 117 Å². The number of esters is 1. The van der Waals surface area contributed by atoms with Crippen LogP contribution in [0, 0.1) is 5.92 Å². The number of anilines is 1. The number of nitrogens with zero attached hydrogens (tertiary/aromatic N) is 3. The summed E-state index contributed by atoms with van der Waals surface area (Å²) in [6.45, 7) is 2.31. The maximum absolute atomic E-state index is 13.0. The van der Waals surface area contributed by atoms with Gasteiger partial charge >= 0.3 is 5.97 Å². The summed E-state index contributed by atoms with van der Waals surface area (Å²) in [6, 6.07) is 9.31. The summed E-state index contributed by atoms with van der Waals surface area (Å²) in [5.41, 5.74) is 2.71. The quantitative estimate of drug-likeness (QED) is 0.317. The third-order valence-corrected chi connectivity index (χ3v) is 6.46. The molecular formula is C24H31N5O4. The highest BCUT2D eigenvalue weighted by molar-refractivity contribution is 5.92. The molecule has 9 nitrogen and oxygen atoms in total. The molecule has 2 heterocycles. The minimum absolute atomic E-state index is 0.0450. The van der Waals surface area contributed by atoms with Crippen LogP contribution in [0.15, 0.2) is 42.7 Å². The van der Waals surface area contributed by atoms with Gasteiger partial charge in [-0.25, -0.2) is 20.2 Å². The second-order valence-corrected chi connectivity index (χ2v) is 8.74. The maximum Gasteiger partial charge on any atom is 0.328 e. The molecule has 2 aromatic rings. The molecule has 0 spiro atoms. The molecule has 9 heteroatoms. The van der Waals surface area contributed by atoms with Gasteiger partial charge in [0.1, 0.15) is 12.1 Å². The van der Waals surface area contributed by atoms with E-state index in [9.17, 15) is 9.59 Å². The molecule has 0 unspecified atom stereocenters. The third kappa shape index (κ3) is 6.06. The van der Waals surface area contributed by atoms with E-state index in [1.54, 1.807) is 5.48 Å². The molecule has 1 aromatic heterocycles. The van der Waals surface area contributed by atoms with Crippen molar-refractivity contribution in [3.63, 3.8) is 0 Å². The van der Waals surface area contributed by atoms with E-state index < -0.39 is 11.9 Å². The number of carbonyl (C=O) groups excluding carboxylic acids is 2. The molecule has 176 valence electrons. The van der Waals surface area contributed by atoms with Crippen molar-refractivity contribution in [2.45, 2.75) is 50.7 Å². The second kappa shape index (κ2) is 11.2. The van der Waals surface area contributed by atoms with E-state index >= 15 is 0 Å². The highest BCUT2D eigenvalue weighted by Gasteiger charge is 2.28. The molecule has 1 aliphatic heterocycles. The number of benzene rings is 1. The summed E-state index contributed by atoms with van der Waals surface area (Å²) in [6.07, 6.45) is 8.90. The smallest absolute Gasteiger partial charge is 0.328 e. The van der Waals surface area contributed by atoms with Gasteiger partial charge in [0.05, 0.1) is 5.56 Å². The first-order chi connectivity index (χ1) is 16.1. The van der Waals surface area contributed by atoms with E-state index in [4.69, 9.17) is 9.94 Å². The molecule has 0 radical (unpaired) electrons. The van der Waals surface area contributed by atoms with Gasteiger partial charge in [-0.05, 0) is 56.6 Å². The van der Waals surface area contributed by atoms with E-state index in [0.29, 0.717) is 11.9 Å². The zero-order valence-electron chi connectivity index (χ0n) is 18.7. The fourth-order valence-electron chi connectivity index (χ4n) is 4.51. The Kier molecular flexibility index (Phi) is 7.85. The fourth-order valence-corrected chi connectivity index (χ4v) is 4.51. The van der Waals surface area contributed by atoms with Crippen LogP contribution >= 0.6 is 0 Å². The molecule has 3 N–H and O–H groups in total. The van der Waals surface area contributed by atoms with Crippen molar-refractivity contribution in [1.82, 2.24) is 20.8 Å². The Labute approximate surface area is 193 Å². The van der Waals surface area contributed by atoms with Gasteiger partial charge in [-0.3, -0.25) is 10.0 Å². The van der Waals surface area contributed by atoms with Crippen LogP contribution in [-0.2, 0) is 9.53 Å². The van der Waals surface area contributed by atoms with Crippen LogP contribution in [0.5, 0.6) is 0 Å². The highest BCUT2D eigenvalue weighted by atomic mass is 16.5. The standard InChI is InChI=1S/C24H31N5O4/c30-22(28-32)19-15-26-24(27-16-19)29-12-10-17(11-13-29)14-25-21(18-6-2-1-3-7-18)23(31)33-20-8-4-5-9-20/h1-3,6-7,15-17,20-21,25,32H,4-5,8-14H2,(H,28,30)/t21-/m0/s1. The molecule has 1 saturated heterocycles. The summed E-state index contributed by atoms with van der Waals surface area (Å²) in [4.78, 5) is 35.0. The van der Waals surface area contributed by atoms with Gasteiger partial charge < -0.3 is 15.0 Å². The van der Waals surface area contributed by atoms with E-state index in [1.807, 2.05) is 30.3 Å². The molecule has 1 amide bonds. The lowest BCUT2D eigenvalue weighted by atomic mass is 9.96. The van der Waals surface area contributed by atoms with E-state index in [2.05, 4.69) is 20.2 Å². The molecule has 1 aromatic carbocycles. The molecular weight excluding hydrogens is 422 g/mol. The minimum atomic E-state index is -0.634. The van der Waals surface area contributed by atoms with Crippen molar-refractivity contribution in [3.8, 4) is 0 Å². The van der Waals surface area contributed by atoms with Crippen LogP contribution in [-0.4, -0.2) is 52.8 Å². The molecule has 2 aliphatic rings. The van der Waals surface area contributed by atoms with Gasteiger partial charge in [0.2, 0.25) is 5.95 Å². The Hall–Kier alpha value is -3.04. The highest BCUT2D eigenvalue weighted by Crippen LogP contribution is 2.25. The first-order valence-corrected chi connectivity index (χ1v) is 11.6. The molecule has 33 heavy (non-hydrogen) atoms. The van der Waals surface area contributed by atoms with Crippen molar-refractivity contribution in [3.05, 3.63) is 53.9 Å². The number of nitrogens with one attached hydrogen (secondary N) is 2. The summed E-state index contributed by atoms with van der Waals surface area (Å²) < 4.78 is 5.81. The largest absolute Gasteiger partial charge is 0.461 e. The number of carbonyl (C=O) groups is 2. The van der Waals surface area contributed by atoms with Crippen LogP contribution in [0.2, 0.25) is 0 Å². The van der Waals surface area contributed by atoms with E-state index in [1.165, 1.54) is 12.4 Å². The predicted octanol–water partition coefficient (Wildman–Crippen LogP) is 2.63. The zero-order valence-corrected chi connectivity index (χ0v) is 18.7. The van der Waals surface area contributed by atoms with Gasteiger partial charge in [0.15, 0.2) is 0 Å². The van der Waals surface area contributed by atoms with Crippen LogP contribution in [0.1, 0.15) is 60.5 Å². The van der Waals surface area contributed by atoms with Gasteiger partial charge in [-0.1, -0.05) is 30.3 Å². The van der Waals surface area contributed by atoms with Gasteiger partial charge in [0.25, 0.3) is 5.91 Å². The van der Waals surface area contributed by atoms with Crippen LogP contribution < -0.4 is 15.7 Å². The van der Waals surface area contributed by atoms with Crippen molar-refractivity contribution < 1.29 is 19.5 Å². The lowest BCUT2D eigenvalue weighted by Crippen LogP contribution is -2.40. The molecule has 1 saturated carbocycles. The number of aromatic nitrogens is 2. The van der Waals surface area contributed by atoms with E-state index in [0.717, 1.165) is 63.7 Å². The van der Waals surface area contributed by atoms with Crippen LogP contribution in [0.25, 0.3) is 0 Å². The molecule has 1 aliphatic carbocycles. The van der Waals surface area contributed by atoms with E-state index in [-0.39, 0.29) is 17.6 Å². The Morgan fingerprint density at radius 2 is 1.73 bits per heavy atom. The molecule has 0 bridgehead atoms. The first kappa shape index (κ1) is 23.1. The molecule has 4 rings (SSSR count). The lowest BCUT2D eigenvalue weighted by molar-refractivity contribution is -0.151. The number of rotatable bonds is 8. The average Bonchev–Trinajstić information content (AvgIpc) is 3.38. The van der Waals surface area contributed by atoms with Crippen LogP contribution in [0.4, 0.5) is 5.95 Å². The van der Waals surface area contributed by atoms with Crippen LogP contribution in [0.3, 0.4) is 0 Å². The summed E-state index contributed by atoms with van der Waals surface area (Å²) in [5.74, 6) is 0.168. The Morgan fingerprint density at radius 3 is 2.36 bits per heavy atom. The maximum atomic E-state index is 13.0. The number of hydroxylamine groups is 1. The van der Waals surface area contributed by atoms with Gasteiger partial charge in [0, 0.05) is 25.5 Å². The summed E-state index contributed by atoms with van der Waals surface area (Å²) in [7, 11) is 0. The fraction of sp³-hybridized carbons (Fsp3) is 0.500. The Balaban J connectivity index is 1.30. The SMILES string of the molecule is O=C(NO)c1cnc(N2CCC(CN[C@H](C(=O)OC3CCCC3)c3ccccc3)CC2)nc1. The Bertz CT molecular complexity index is 910. The van der Waals surface area contributed by atoms with Crippen molar-refractivity contribution in [2.24, 2.45) is 5.92 Å². The monoisotopic (exact) mass is 453 g/mol. The number of ether oxygens (including phenoxy) is 1. The number of hydrogen-bond acceptors (Lipinski definition) is 8. The minimum Gasteiger partial charge on any atom is -0.461 e. The number of piperidine rings is 1. The second-order valence-electron chi connectivity index (χ2n) is 8.74. The van der Waals surface area contributed by atoms with Gasteiger partial charge in [-0.2, -0.15) is 0 Å². The number of hydrogen-bond donors (Lipinski definition) is 3. The lowest BCUT2D eigenvalue weighted by Gasteiger charge is -2.33. The zero-order chi connectivity index (χ0) is 23.0. The third-order valence-electron chi connectivity index (χ3n) is 6.46. The van der Waals surface area contributed by atoms with Gasteiger partial charge in [-0.15, -0.1) is 0 Å². The Morgan fingerprint density at radius 1 is 1.06 bits per heavy atom. The van der Waals surface area contributed by atoms with Crippen molar-refractivity contribution in [1.29, 1.82) is 0 Å². The van der Waals surface area contributed by atoms with Crippen molar-refractivity contribution >= 4 is 17.8 Å². The predicted molar refractivity (Wildman–Crippen MR) is 122 cm³/mol. The normalized spacial score (nSPS) is 18.2. The first-order valence-electron chi connectivity index (χ1n) is 11.6. The molecule has 2 fully saturated rings. The molecule has 1 atom stereocenters. The number of amides is 1. The summed E-state index contributed by atoms with van der Waals surface area (Å²) >= 11 is 0. The van der Waals surface area contributed by atoms with Crippen molar-refractivity contribution in [2.75, 3.05) is 24.5 Å². The average molecular weight is 454 g/mol.